The molecule has 4 nitrogen and oxygen atoms in total. The summed E-state index contributed by atoms with van der Waals surface area (Å²) in [6, 6.07) is 4.97. The number of rotatable bonds is 5. The summed E-state index contributed by atoms with van der Waals surface area (Å²) in [6.45, 7) is 1.75. The van der Waals surface area contributed by atoms with Crippen molar-refractivity contribution in [2.45, 2.75) is 19.4 Å². The molecule has 1 amide bonds. The number of hydrogen-bond acceptors (Lipinski definition) is 3. The van der Waals surface area contributed by atoms with Crippen LogP contribution in [-0.2, 0) is 4.79 Å². The fourth-order valence-corrected chi connectivity index (χ4v) is 1.72. The van der Waals surface area contributed by atoms with Crippen LogP contribution in [-0.4, -0.2) is 18.3 Å². The quantitative estimate of drug-likeness (QED) is 0.840. The first-order chi connectivity index (χ1) is 7.52. The van der Waals surface area contributed by atoms with Gasteiger partial charge < -0.3 is 10.5 Å². The van der Waals surface area contributed by atoms with Crippen LogP contribution in [0.1, 0.15) is 23.7 Å². The molecule has 5 heteroatoms. The summed E-state index contributed by atoms with van der Waals surface area (Å²) in [5.41, 5.74) is 5.61. The van der Waals surface area contributed by atoms with E-state index in [0.29, 0.717) is 15.8 Å². The van der Waals surface area contributed by atoms with E-state index in [4.69, 9.17) is 10.5 Å². The van der Waals surface area contributed by atoms with Crippen LogP contribution in [0.5, 0.6) is 5.75 Å². The Hall–Kier alpha value is -1.36. The largest absolute Gasteiger partial charge is 0.489 e. The number of ether oxygens (including phenoxy) is 1. The summed E-state index contributed by atoms with van der Waals surface area (Å²) < 4.78 is 6.17. The maximum absolute atomic E-state index is 10.7. The summed E-state index contributed by atoms with van der Waals surface area (Å²) >= 11 is 3.28. The minimum absolute atomic E-state index is 0.155. The Bertz CT molecular complexity index is 406. The maximum Gasteiger partial charge on any atom is 0.221 e. The molecule has 1 rings (SSSR count). The van der Waals surface area contributed by atoms with Crippen molar-refractivity contribution in [3.63, 3.8) is 0 Å². The number of benzene rings is 1. The average molecular weight is 286 g/mol. The van der Waals surface area contributed by atoms with Crippen LogP contribution < -0.4 is 10.5 Å². The van der Waals surface area contributed by atoms with E-state index < -0.39 is 5.91 Å². The molecule has 2 N–H and O–H groups in total. The SMILES string of the molecule is CC(CC(N)=O)Oc1ccc(C=O)cc1Br. The molecule has 16 heavy (non-hydrogen) atoms. The lowest BCUT2D eigenvalue weighted by Crippen LogP contribution is -2.22. The number of aldehydes is 1. The van der Waals surface area contributed by atoms with Gasteiger partial charge in [0, 0.05) is 5.56 Å². The van der Waals surface area contributed by atoms with Crippen LogP contribution in [0.25, 0.3) is 0 Å². The van der Waals surface area contributed by atoms with Crippen LogP contribution in [0.4, 0.5) is 0 Å². The molecule has 0 bridgehead atoms. The van der Waals surface area contributed by atoms with Crippen LogP contribution in [0.15, 0.2) is 22.7 Å². The summed E-state index contributed by atoms with van der Waals surface area (Å²) in [5.74, 6) is 0.174. The Morgan fingerprint density at radius 1 is 1.62 bits per heavy atom. The molecule has 0 aliphatic carbocycles. The van der Waals surface area contributed by atoms with Gasteiger partial charge in [-0.25, -0.2) is 0 Å². The van der Waals surface area contributed by atoms with Crippen molar-refractivity contribution in [1.82, 2.24) is 0 Å². The Kier molecular flexibility index (Phi) is 4.49. The van der Waals surface area contributed by atoms with Gasteiger partial charge in [0.15, 0.2) is 0 Å². The Morgan fingerprint density at radius 2 is 2.31 bits per heavy atom. The van der Waals surface area contributed by atoms with Crippen LogP contribution in [0.3, 0.4) is 0 Å². The number of halogens is 1. The van der Waals surface area contributed by atoms with E-state index in [-0.39, 0.29) is 12.5 Å². The molecule has 0 aliphatic heterocycles. The van der Waals surface area contributed by atoms with Crippen molar-refractivity contribution in [2.75, 3.05) is 0 Å². The van der Waals surface area contributed by atoms with Gasteiger partial charge in [0.1, 0.15) is 18.1 Å². The first kappa shape index (κ1) is 12.7. The third-order valence-electron chi connectivity index (χ3n) is 1.91. The second-order valence-corrected chi connectivity index (χ2v) is 4.26. The number of amides is 1. The molecule has 0 aliphatic rings. The third-order valence-corrected chi connectivity index (χ3v) is 2.53. The topological polar surface area (TPSA) is 69.4 Å². The van der Waals surface area contributed by atoms with Crippen LogP contribution >= 0.6 is 15.9 Å². The number of carbonyl (C=O) groups excluding carboxylic acids is 2. The zero-order valence-electron chi connectivity index (χ0n) is 8.77. The molecule has 1 unspecified atom stereocenters. The van der Waals surface area contributed by atoms with Gasteiger partial charge in [0.05, 0.1) is 10.9 Å². The maximum atomic E-state index is 10.7. The molecule has 1 atom stereocenters. The average Bonchev–Trinajstić information content (AvgIpc) is 2.19. The molecule has 86 valence electrons. The highest BCUT2D eigenvalue weighted by Crippen LogP contribution is 2.26. The van der Waals surface area contributed by atoms with E-state index in [1.807, 2.05) is 0 Å². The third kappa shape index (κ3) is 3.66. The van der Waals surface area contributed by atoms with Gasteiger partial charge in [0.25, 0.3) is 0 Å². The zero-order valence-corrected chi connectivity index (χ0v) is 10.4. The van der Waals surface area contributed by atoms with Gasteiger partial charge in [-0.05, 0) is 41.1 Å². The lowest BCUT2D eigenvalue weighted by Gasteiger charge is -2.14. The van der Waals surface area contributed by atoms with E-state index in [1.54, 1.807) is 25.1 Å². The highest BCUT2D eigenvalue weighted by Gasteiger charge is 2.10. The van der Waals surface area contributed by atoms with Crippen LogP contribution in [0, 0.1) is 0 Å². The summed E-state index contributed by atoms with van der Waals surface area (Å²) in [4.78, 5) is 21.2. The second kappa shape index (κ2) is 5.65. The summed E-state index contributed by atoms with van der Waals surface area (Å²) in [7, 11) is 0. The minimum Gasteiger partial charge on any atom is -0.489 e. The minimum atomic E-state index is -0.409. The van der Waals surface area contributed by atoms with Crippen molar-refractivity contribution >= 4 is 28.1 Å². The van der Waals surface area contributed by atoms with Gasteiger partial charge >= 0.3 is 0 Å². The lowest BCUT2D eigenvalue weighted by atomic mass is 10.2. The molecule has 0 spiro atoms. The molecule has 0 saturated carbocycles. The van der Waals surface area contributed by atoms with Crippen LogP contribution in [0.2, 0.25) is 0 Å². The molecule has 0 fully saturated rings. The van der Waals surface area contributed by atoms with E-state index in [1.165, 1.54) is 0 Å². The van der Waals surface area contributed by atoms with Crippen molar-refractivity contribution in [3.8, 4) is 5.75 Å². The Morgan fingerprint density at radius 3 is 2.81 bits per heavy atom. The lowest BCUT2D eigenvalue weighted by molar-refractivity contribution is -0.119. The van der Waals surface area contributed by atoms with Crippen molar-refractivity contribution in [2.24, 2.45) is 5.73 Å². The second-order valence-electron chi connectivity index (χ2n) is 3.41. The van der Waals surface area contributed by atoms with Gasteiger partial charge in [-0.15, -0.1) is 0 Å². The Labute approximate surface area is 102 Å². The number of hydrogen-bond donors (Lipinski definition) is 1. The predicted octanol–water partition coefficient (Wildman–Crippen LogP) is 1.90. The molecule has 0 saturated heterocycles. The molecule has 0 aromatic heterocycles. The smallest absolute Gasteiger partial charge is 0.221 e. The van der Waals surface area contributed by atoms with E-state index in [0.717, 1.165) is 6.29 Å². The Balaban J connectivity index is 2.74. The monoisotopic (exact) mass is 285 g/mol. The summed E-state index contributed by atoms with van der Waals surface area (Å²) in [6.07, 6.45) is 0.611. The van der Waals surface area contributed by atoms with Crippen molar-refractivity contribution in [3.05, 3.63) is 28.2 Å². The van der Waals surface area contributed by atoms with E-state index in [2.05, 4.69) is 15.9 Å². The van der Waals surface area contributed by atoms with E-state index >= 15 is 0 Å². The number of nitrogens with two attached hydrogens (primary N) is 1. The highest BCUT2D eigenvalue weighted by molar-refractivity contribution is 9.10. The number of primary amides is 1. The van der Waals surface area contributed by atoms with Gasteiger partial charge in [0.2, 0.25) is 5.91 Å². The molecular formula is C11H12BrNO3. The molecule has 1 aromatic rings. The summed E-state index contributed by atoms with van der Waals surface area (Å²) in [5, 5.41) is 0. The fourth-order valence-electron chi connectivity index (χ4n) is 1.23. The predicted molar refractivity (Wildman–Crippen MR) is 63.4 cm³/mol. The van der Waals surface area contributed by atoms with Gasteiger partial charge in [-0.3, -0.25) is 9.59 Å². The van der Waals surface area contributed by atoms with Gasteiger partial charge in [-0.1, -0.05) is 0 Å². The molecular weight excluding hydrogens is 274 g/mol. The molecule has 1 aromatic carbocycles. The van der Waals surface area contributed by atoms with Gasteiger partial charge in [-0.2, -0.15) is 0 Å². The first-order valence-corrected chi connectivity index (χ1v) is 5.52. The standard InChI is InChI=1S/C11H12BrNO3/c1-7(4-11(13)15)16-10-3-2-8(6-14)5-9(10)12/h2-3,5-7H,4H2,1H3,(H2,13,15). The van der Waals surface area contributed by atoms with E-state index in [9.17, 15) is 9.59 Å². The normalized spacial score (nSPS) is 11.9. The highest BCUT2D eigenvalue weighted by atomic mass is 79.9. The number of carbonyl (C=O) groups is 2. The fraction of sp³-hybridized carbons (Fsp3) is 0.273. The molecule has 0 heterocycles. The van der Waals surface area contributed by atoms with Crippen molar-refractivity contribution < 1.29 is 14.3 Å². The van der Waals surface area contributed by atoms with Crippen molar-refractivity contribution in [1.29, 1.82) is 0 Å². The molecule has 0 radical (unpaired) electrons. The first-order valence-electron chi connectivity index (χ1n) is 4.72. The zero-order chi connectivity index (χ0) is 12.1.